The lowest BCUT2D eigenvalue weighted by Crippen LogP contribution is -2.13. The fraction of sp³-hybridized carbons (Fsp3) is 0.0556. The van der Waals surface area contributed by atoms with Crippen molar-refractivity contribution in [2.45, 2.75) is 6.54 Å². The smallest absolute Gasteiger partial charge is 0.256 e. The monoisotopic (exact) mass is 356 g/mol. The van der Waals surface area contributed by atoms with Crippen molar-refractivity contribution >= 4 is 29.1 Å². The molecule has 25 heavy (non-hydrogen) atoms. The second-order valence-electron chi connectivity index (χ2n) is 5.21. The highest BCUT2D eigenvalue weighted by molar-refractivity contribution is 6.30. The number of halogens is 2. The summed E-state index contributed by atoms with van der Waals surface area (Å²) in [6.45, 7) is 0.290. The van der Waals surface area contributed by atoms with Gasteiger partial charge in [-0.25, -0.2) is 4.39 Å². The van der Waals surface area contributed by atoms with Crippen molar-refractivity contribution in [1.29, 1.82) is 0 Å². The van der Waals surface area contributed by atoms with E-state index in [9.17, 15) is 9.18 Å². The van der Waals surface area contributed by atoms with Crippen LogP contribution in [0.4, 0.5) is 16.0 Å². The molecule has 5 nitrogen and oxygen atoms in total. The zero-order valence-corrected chi connectivity index (χ0v) is 13.8. The van der Waals surface area contributed by atoms with E-state index in [-0.39, 0.29) is 18.3 Å². The number of rotatable bonds is 5. The van der Waals surface area contributed by atoms with Crippen LogP contribution in [0.3, 0.4) is 0 Å². The summed E-state index contributed by atoms with van der Waals surface area (Å²) in [5.41, 5.74) is 0.998. The molecule has 1 amide bonds. The van der Waals surface area contributed by atoms with E-state index in [1.807, 2.05) is 0 Å². The van der Waals surface area contributed by atoms with Crippen molar-refractivity contribution in [3.63, 3.8) is 0 Å². The Hall–Kier alpha value is -2.99. The molecule has 2 aromatic carbocycles. The van der Waals surface area contributed by atoms with Crippen molar-refractivity contribution in [3.8, 4) is 0 Å². The van der Waals surface area contributed by atoms with E-state index in [4.69, 9.17) is 11.6 Å². The first kappa shape index (κ1) is 16.9. The predicted molar refractivity (Wildman–Crippen MR) is 95.2 cm³/mol. The highest BCUT2D eigenvalue weighted by Crippen LogP contribution is 2.13. The Balaban J connectivity index is 1.59. The van der Waals surface area contributed by atoms with Gasteiger partial charge in [0.15, 0.2) is 5.82 Å². The molecule has 0 fully saturated rings. The molecule has 0 radical (unpaired) electrons. The number of hydrogen-bond acceptors (Lipinski definition) is 4. The predicted octanol–water partition coefficient (Wildman–Crippen LogP) is 4.13. The summed E-state index contributed by atoms with van der Waals surface area (Å²) in [7, 11) is 0. The Morgan fingerprint density at radius 3 is 2.32 bits per heavy atom. The highest BCUT2D eigenvalue weighted by atomic mass is 35.5. The largest absolute Gasteiger partial charge is 0.364 e. The molecular weight excluding hydrogens is 343 g/mol. The molecule has 0 aliphatic carbocycles. The molecule has 0 saturated heterocycles. The SMILES string of the molecule is O=C(Nc1ccc(NCc2ccccc2F)nn1)c1ccc(Cl)cc1. The van der Waals surface area contributed by atoms with E-state index < -0.39 is 0 Å². The molecule has 7 heteroatoms. The van der Waals surface area contributed by atoms with Gasteiger partial charge < -0.3 is 10.6 Å². The van der Waals surface area contributed by atoms with E-state index in [2.05, 4.69) is 20.8 Å². The van der Waals surface area contributed by atoms with Crippen LogP contribution < -0.4 is 10.6 Å². The number of nitrogens with zero attached hydrogens (tertiary/aromatic N) is 2. The lowest BCUT2D eigenvalue weighted by molar-refractivity contribution is 0.102. The molecule has 0 spiro atoms. The minimum atomic E-state index is -0.307. The Morgan fingerprint density at radius 1 is 0.960 bits per heavy atom. The lowest BCUT2D eigenvalue weighted by atomic mass is 10.2. The van der Waals surface area contributed by atoms with Crippen LogP contribution in [0.5, 0.6) is 0 Å². The highest BCUT2D eigenvalue weighted by Gasteiger charge is 2.07. The first-order chi connectivity index (χ1) is 12.1. The van der Waals surface area contributed by atoms with Crippen LogP contribution in [-0.2, 0) is 6.54 Å². The van der Waals surface area contributed by atoms with E-state index in [0.717, 1.165) is 0 Å². The maximum Gasteiger partial charge on any atom is 0.256 e. The van der Waals surface area contributed by atoms with Gasteiger partial charge >= 0.3 is 0 Å². The molecule has 0 saturated carbocycles. The van der Waals surface area contributed by atoms with Crippen LogP contribution in [0.25, 0.3) is 0 Å². The molecule has 126 valence electrons. The number of aromatic nitrogens is 2. The molecule has 0 aliphatic rings. The van der Waals surface area contributed by atoms with Gasteiger partial charge in [-0.3, -0.25) is 4.79 Å². The minimum Gasteiger partial charge on any atom is -0.364 e. The standard InChI is InChI=1S/C18H14ClFN4O/c19-14-7-5-12(6-8-14)18(25)22-17-10-9-16(23-24-17)21-11-13-3-1-2-4-15(13)20/h1-10H,11H2,(H,21,23)(H,22,24,25). The zero-order chi connectivity index (χ0) is 17.6. The van der Waals surface area contributed by atoms with E-state index in [1.54, 1.807) is 54.6 Å². The summed E-state index contributed by atoms with van der Waals surface area (Å²) in [4.78, 5) is 12.1. The third kappa shape index (κ3) is 4.51. The van der Waals surface area contributed by atoms with Crippen LogP contribution in [-0.4, -0.2) is 16.1 Å². The van der Waals surface area contributed by atoms with Crippen molar-refractivity contribution in [3.05, 3.63) is 82.6 Å². The normalized spacial score (nSPS) is 10.3. The Morgan fingerprint density at radius 2 is 1.64 bits per heavy atom. The van der Waals surface area contributed by atoms with Crippen LogP contribution >= 0.6 is 11.6 Å². The third-order valence-corrected chi connectivity index (χ3v) is 3.68. The summed E-state index contributed by atoms with van der Waals surface area (Å²) >= 11 is 5.79. The Bertz CT molecular complexity index is 869. The van der Waals surface area contributed by atoms with Crippen LogP contribution in [0, 0.1) is 5.82 Å². The van der Waals surface area contributed by atoms with Gasteiger partial charge in [0.1, 0.15) is 11.6 Å². The number of carbonyl (C=O) groups excluding carboxylic acids is 1. The van der Waals surface area contributed by atoms with E-state index in [0.29, 0.717) is 27.8 Å². The molecule has 1 heterocycles. The number of anilines is 2. The maximum atomic E-state index is 13.6. The summed E-state index contributed by atoms with van der Waals surface area (Å²) < 4.78 is 13.6. The summed E-state index contributed by atoms with van der Waals surface area (Å²) in [5, 5.41) is 14.1. The Kier molecular flexibility index (Phi) is 5.20. The number of amides is 1. The summed E-state index contributed by atoms with van der Waals surface area (Å²) in [6, 6.07) is 16.3. The zero-order valence-electron chi connectivity index (χ0n) is 13.0. The average molecular weight is 357 g/mol. The van der Waals surface area contributed by atoms with Crippen molar-refractivity contribution < 1.29 is 9.18 Å². The minimum absolute atomic E-state index is 0.283. The van der Waals surface area contributed by atoms with Gasteiger partial charge in [0.2, 0.25) is 0 Å². The van der Waals surface area contributed by atoms with E-state index in [1.165, 1.54) is 6.07 Å². The lowest BCUT2D eigenvalue weighted by Gasteiger charge is -2.07. The first-order valence-corrected chi connectivity index (χ1v) is 7.87. The molecule has 3 rings (SSSR count). The fourth-order valence-corrected chi connectivity index (χ4v) is 2.24. The number of hydrogen-bond donors (Lipinski definition) is 2. The molecule has 0 atom stereocenters. The van der Waals surface area contributed by atoms with Gasteiger partial charge in [0.05, 0.1) is 0 Å². The maximum absolute atomic E-state index is 13.6. The number of carbonyl (C=O) groups is 1. The molecule has 1 aromatic heterocycles. The molecule has 2 N–H and O–H groups in total. The van der Waals surface area contributed by atoms with Crippen molar-refractivity contribution in [2.75, 3.05) is 10.6 Å². The fourth-order valence-electron chi connectivity index (χ4n) is 2.11. The topological polar surface area (TPSA) is 66.9 Å². The van der Waals surface area contributed by atoms with Gasteiger partial charge in [0, 0.05) is 22.7 Å². The van der Waals surface area contributed by atoms with Gasteiger partial charge in [-0.05, 0) is 42.5 Å². The first-order valence-electron chi connectivity index (χ1n) is 7.50. The number of nitrogens with one attached hydrogen (secondary N) is 2. The average Bonchev–Trinajstić information content (AvgIpc) is 2.63. The van der Waals surface area contributed by atoms with Crippen LogP contribution in [0.2, 0.25) is 5.02 Å². The second-order valence-corrected chi connectivity index (χ2v) is 5.65. The number of benzene rings is 2. The Labute approximate surface area is 148 Å². The quantitative estimate of drug-likeness (QED) is 0.721. The van der Waals surface area contributed by atoms with Gasteiger partial charge in [-0.1, -0.05) is 29.8 Å². The molecular formula is C18H14ClFN4O. The van der Waals surface area contributed by atoms with E-state index >= 15 is 0 Å². The summed E-state index contributed by atoms with van der Waals surface area (Å²) in [5.74, 6) is 0.206. The third-order valence-electron chi connectivity index (χ3n) is 3.43. The van der Waals surface area contributed by atoms with Crippen molar-refractivity contribution in [2.24, 2.45) is 0 Å². The van der Waals surface area contributed by atoms with Crippen molar-refractivity contribution in [1.82, 2.24) is 10.2 Å². The summed E-state index contributed by atoms with van der Waals surface area (Å²) in [6.07, 6.45) is 0. The van der Waals surface area contributed by atoms with Gasteiger partial charge in [-0.2, -0.15) is 0 Å². The van der Waals surface area contributed by atoms with Gasteiger partial charge in [-0.15, -0.1) is 10.2 Å². The molecule has 3 aromatic rings. The molecule has 0 bridgehead atoms. The molecule has 0 aliphatic heterocycles. The second kappa shape index (κ2) is 7.72. The van der Waals surface area contributed by atoms with Crippen LogP contribution in [0.15, 0.2) is 60.7 Å². The van der Waals surface area contributed by atoms with Crippen LogP contribution in [0.1, 0.15) is 15.9 Å². The van der Waals surface area contributed by atoms with Gasteiger partial charge in [0.25, 0.3) is 5.91 Å². The molecule has 0 unspecified atom stereocenters.